The van der Waals surface area contributed by atoms with Crippen LogP contribution in [0.5, 0.6) is 0 Å². The van der Waals surface area contributed by atoms with Crippen LogP contribution in [-0.2, 0) is 0 Å². The lowest BCUT2D eigenvalue weighted by molar-refractivity contribution is 0.0697. The van der Waals surface area contributed by atoms with Gasteiger partial charge in [0.25, 0.3) is 0 Å². The van der Waals surface area contributed by atoms with Crippen molar-refractivity contribution < 1.29 is 9.90 Å². The molecule has 0 aliphatic heterocycles. The summed E-state index contributed by atoms with van der Waals surface area (Å²) in [5, 5.41) is 8.98. The highest BCUT2D eigenvalue weighted by Crippen LogP contribution is 2.25. The molecule has 0 bridgehead atoms. The molecule has 1 aromatic carbocycles. The van der Waals surface area contributed by atoms with E-state index in [2.05, 4.69) is 0 Å². The van der Waals surface area contributed by atoms with Gasteiger partial charge in [-0.1, -0.05) is 11.6 Å². The Morgan fingerprint density at radius 1 is 1.58 bits per heavy atom. The summed E-state index contributed by atoms with van der Waals surface area (Å²) < 4.78 is 0.680. The Kier molecular flexibility index (Phi) is 2.79. The average Bonchev–Trinajstić information content (AvgIpc) is 1.99. The maximum atomic E-state index is 10.5. The van der Waals surface area contributed by atoms with Crippen LogP contribution < -0.4 is 5.73 Å². The Hall–Kier alpha value is -0.490. The van der Waals surface area contributed by atoms with E-state index >= 15 is 0 Å². The van der Waals surface area contributed by atoms with E-state index in [1.165, 1.54) is 12.1 Å². The predicted molar refractivity (Wildman–Crippen MR) is 55.5 cm³/mol. The molecule has 0 amide bonds. The van der Waals surface area contributed by atoms with E-state index < -0.39 is 5.97 Å². The van der Waals surface area contributed by atoms with Crippen LogP contribution in [-0.4, -0.2) is 11.1 Å². The van der Waals surface area contributed by atoms with Crippen LogP contribution in [0.4, 0.5) is 5.69 Å². The van der Waals surface area contributed by atoms with E-state index in [1.807, 2.05) is 22.6 Å². The molecule has 1 aromatic rings. The summed E-state index contributed by atoms with van der Waals surface area (Å²) in [6.07, 6.45) is 0. The van der Waals surface area contributed by atoms with Crippen LogP contribution >= 0.6 is 34.2 Å². The van der Waals surface area contributed by atoms with Crippen LogP contribution in [0.15, 0.2) is 12.1 Å². The van der Waals surface area contributed by atoms with Crippen LogP contribution in [0, 0.1) is 3.57 Å². The van der Waals surface area contributed by atoms with Gasteiger partial charge >= 0.3 is 5.97 Å². The SMILES string of the molecule is Nc1cc(C(=O)O)cc(Cl)c1I. The quantitative estimate of drug-likeness (QED) is 0.617. The van der Waals surface area contributed by atoms with Crippen LogP contribution in [0.1, 0.15) is 10.4 Å². The normalized spacial score (nSPS) is 9.83. The molecule has 1 rings (SSSR count). The second-order valence-corrected chi connectivity index (χ2v) is 3.65. The highest BCUT2D eigenvalue weighted by Gasteiger charge is 2.08. The summed E-state index contributed by atoms with van der Waals surface area (Å²) in [6, 6.07) is 2.76. The Morgan fingerprint density at radius 3 is 2.58 bits per heavy atom. The lowest BCUT2D eigenvalue weighted by atomic mass is 10.2. The number of hydrogen-bond acceptors (Lipinski definition) is 2. The summed E-state index contributed by atoms with van der Waals surface area (Å²) in [5.41, 5.74) is 6.00. The largest absolute Gasteiger partial charge is 0.478 e. The molecule has 0 fully saturated rings. The molecule has 0 atom stereocenters. The van der Waals surface area contributed by atoms with Gasteiger partial charge in [-0.25, -0.2) is 4.79 Å². The second-order valence-electron chi connectivity index (χ2n) is 2.17. The minimum absolute atomic E-state index is 0.109. The number of aromatic carboxylic acids is 1. The van der Waals surface area contributed by atoms with Gasteiger partial charge in [0.1, 0.15) is 0 Å². The zero-order valence-corrected chi connectivity index (χ0v) is 8.76. The molecule has 3 nitrogen and oxygen atoms in total. The molecule has 0 radical (unpaired) electrons. The van der Waals surface area contributed by atoms with Crippen molar-refractivity contribution in [2.45, 2.75) is 0 Å². The third-order valence-corrected chi connectivity index (χ3v) is 3.12. The minimum atomic E-state index is -1.03. The fourth-order valence-corrected chi connectivity index (χ4v) is 1.27. The Morgan fingerprint density at radius 2 is 2.17 bits per heavy atom. The third-order valence-electron chi connectivity index (χ3n) is 1.30. The molecule has 5 heteroatoms. The number of halogens is 2. The number of nitrogen functional groups attached to an aromatic ring is 1. The highest BCUT2D eigenvalue weighted by atomic mass is 127. The van der Waals surface area contributed by atoms with Crippen molar-refractivity contribution in [3.05, 3.63) is 26.3 Å². The lowest BCUT2D eigenvalue weighted by Gasteiger charge is -2.02. The van der Waals surface area contributed by atoms with Gasteiger partial charge in [0.05, 0.1) is 14.2 Å². The fraction of sp³-hybridized carbons (Fsp3) is 0. The first kappa shape index (κ1) is 9.60. The molecule has 0 unspecified atom stereocenters. The van der Waals surface area contributed by atoms with Crippen LogP contribution in [0.3, 0.4) is 0 Å². The molecule has 0 heterocycles. The molecular weight excluding hydrogens is 292 g/mol. The van der Waals surface area contributed by atoms with Gasteiger partial charge in [0.2, 0.25) is 0 Å². The number of rotatable bonds is 1. The Bertz CT molecular complexity index is 317. The van der Waals surface area contributed by atoms with E-state index in [-0.39, 0.29) is 5.56 Å². The fourth-order valence-electron chi connectivity index (χ4n) is 0.734. The summed E-state index contributed by atoms with van der Waals surface area (Å²) in [4.78, 5) is 10.5. The zero-order valence-electron chi connectivity index (χ0n) is 5.84. The van der Waals surface area contributed by atoms with Crippen molar-refractivity contribution in [2.75, 3.05) is 5.73 Å². The summed E-state index contributed by atoms with van der Waals surface area (Å²) in [7, 11) is 0. The molecule has 64 valence electrons. The summed E-state index contributed by atoms with van der Waals surface area (Å²) >= 11 is 7.67. The standard InChI is InChI=1S/C7H5ClINO2/c8-4-1-3(7(11)12)2-5(10)6(4)9/h1-2H,10H2,(H,11,12). The van der Waals surface area contributed by atoms with Gasteiger partial charge in [0.15, 0.2) is 0 Å². The van der Waals surface area contributed by atoms with E-state index in [0.29, 0.717) is 14.3 Å². The van der Waals surface area contributed by atoms with Gasteiger partial charge in [-0.15, -0.1) is 0 Å². The number of hydrogen-bond donors (Lipinski definition) is 2. The van der Waals surface area contributed by atoms with Gasteiger partial charge in [0, 0.05) is 5.69 Å². The van der Waals surface area contributed by atoms with Crippen molar-refractivity contribution in [1.82, 2.24) is 0 Å². The molecule has 0 aromatic heterocycles. The maximum Gasteiger partial charge on any atom is 0.335 e. The van der Waals surface area contributed by atoms with Crippen LogP contribution in [0.2, 0.25) is 5.02 Å². The van der Waals surface area contributed by atoms with E-state index in [1.54, 1.807) is 0 Å². The number of anilines is 1. The highest BCUT2D eigenvalue weighted by molar-refractivity contribution is 14.1. The van der Waals surface area contributed by atoms with Gasteiger partial charge in [-0.05, 0) is 34.7 Å². The van der Waals surface area contributed by atoms with Crippen molar-refractivity contribution in [3.8, 4) is 0 Å². The van der Waals surface area contributed by atoms with Crippen molar-refractivity contribution in [1.29, 1.82) is 0 Å². The van der Waals surface area contributed by atoms with E-state index in [9.17, 15) is 4.79 Å². The first-order valence-corrected chi connectivity index (χ1v) is 4.46. The molecule has 0 saturated carbocycles. The van der Waals surface area contributed by atoms with Crippen LogP contribution in [0.25, 0.3) is 0 Å². The molecule has 0 aliphatic carbocycles. The van der Waals surface area contributed by atoms with E-state index in [0.717, 1.165) is 0 Å². The maximum absolute atomic E-state index is 10.5. The third kappa shape index (κ3) is 1.81. The number of benzene rings is 1. The molecular formula is C7H5ClINO2. The van der Waals surface area contributed by atoms with Gasteiger partial charge in [-0.3, -0.25) is 0 Å². The smallest absolute Gasteiger partial charge is 0.335 e. The molecule has 3 N–H and O–H groups in total. The summed E-state index contributed by atoms with van der Waals surface area (Å²) in [5.74, 6) is -1.03. The van der Waals surface area contributed by atoms with Gasteiger partial charge in [-0.2, -0.15) is 0 Å². The summed E-state index contributed by atoms with van der Waals surface area (Å²) in [6.45, 7) is 0. The molecule has 0 saturated heterocycles. The van der Waals surface area contributed by atoms with E-state index in [4.69, 9.17) is 22.4 Å². The predicted octanol–water partition coefficient (Wildman–Crippen LogP) is 2.22. The minimum Gasteiger partial charge on any atom is -0.478 e. The molecule has 0 spiro atoms. The Balaban J connectivity index is 3.31. The number of carboxylic acid groups (broad SMARTS) is 1. The first-order chi connectivity index (χ1) is 5.52. The topological polar surface area (TPSA) is 63.3 Å². The monoisotopic (exact) mass is 297 g/mol. The average molecular weight is 297 g/mol. The second kappa shape index (κ2) is 3.49. The number of carbonyl (C=O) groups is 1. The molecule has 12 heavy (non-hydrogen) atoms. The van der Waals surface area contributed by atoms with Crippen molar-refractivity contribution in [3.63, 3.8) is 0 Å². The molecule has 0 aliphatic rings. The number of carboxylic acids is 1. The van der Waals surface area contributed by atoms with Crippen molar-refractivity contribution in [2.24, 2.45) is 0 Å². The first-order valence-electron chi connectivity index (χ1n) is 3.00. The van der Waals surface area contributed by atoms with Gasteiger partial charge < -0.3 is 10.8 Å². The lowest BCUT2D eigenvalue weighted by Crippen LogP contribution is -1.99. The zero-order chi connectivity index (χ0) is 9.30. The number of nitrogens with two attached hydrogens (primary N) is 1. The van der Waals surface area contributed by atoms with Crippen molar-refractivity contribution >= 4 is 45.8 Å². The Labute approximate surface area is 87.7 Å².